The third kappa shape index (κ3) is 3.57. The van der Waals surface area contributed by atoms with E-state index in [1.54, 1.807) is 12.3 Å². The number of ether oxygens (including phenoxy) is 1. The molecule has 1 fully saturated rings. The zero-order valence-electron chi connectivity index (χ0n) is 11.0. The van der Waals surface area contributed by atoms with Crippen LogP contribution in [-0.2, 0) is 0 Å². The van der Waals surface area contributed by atoms with Crippen molar-refractivity contribution < 1.29 is 4.74 Å². The number of hydrogen-bond acceptors (Lipinski definition) is 5. The van der Waals surface area contributed by atoms with Crippen LogP contribution in [0.3, 0.4) is 0 Å². The molecule has 0 atom stereocenters. The number of nitrogens with one attached hydrogen (secondary N) is 1. The number of hydrogen-bond donors (Lipinski definition) is 2. The van der Waals surface area contributed by atoms with E-state index in [2.05, 4.69) is 22.2 Å². The molecular formula is C13H22N4O. The lowest BCUT2D eigenvalue weighted by atomic mass is 10.0. The first-order valence-corrected chi connectivity index (χ1v) is 6.68. The first-order valence-electron chi connectivity index (χ1n) is 6.68. The highest BCUT2D eigenvalue weighted by molar-refractivity contribution is 5.28. The molecule has 0 bridgehead atoms. The maximum atomic E-state index is 5.62. The Balaban J connectivity index is 1.85. The van der Waals surface area contributed by atoms with Crippen LogP contribution in [-0.4, -0.2) is 29.7 Å². The van der Waals surface area contributed by atoms with Gasteiger partial charge in [-0.3, -0.25) is 0 Å². The molecule has 1 heterocycles. The van der Waals surface area contributed by atoms with E-state index in [1.165, 1.54) is 12.8 Å². The van der Waals surface area contributed by atoms with Gasteiger partial charge in [-0.05, 0) is 37.6 Å². The Kier molecular flexibility index (Phi) is 4.36. The molecule has 5 heteroatoms. The van der Waals surface area contributed by atoms with Gasteiger partial charge in [0, 0.05) is 18.8 Å². The van der Waals surface area contributed by atoms with E-state index in [0.717, 1.165) is 25.9 Å². The minimum atomic E-state index is 0.387. The summed E-state index contributed by atoms with van der Waals surface area (Å²) < 4.78 is 5.48. The average Bonchev–Trinajstić information content (AvgIpc) is 3.15. The molecule has 0 saturated heterocycles. The normalized spacial score (nSPS) is 16.3. The Morgan fingerprint density at radius 3 is 3.00 bits per heavy atom. The molecule has 1 saturated carbocycles. The molecule has 18 heavy (non-hydrogen) atoms. The first kappa shape index (κ1) is 13.1. The van der Waals surface area contributed by atoms with E-state index in [9.17, 15) is 0 Å². The number of nitrogens with two attached hydrogens (primary N) is 1. The van der Waals surface area contributed by atoms with Crippen LogP contribution in [0.5, 0.6) is 5.88 Å². The summed E-state index contributed by atoms with van der Waals surface area (Å²) in [5.74, 6) is 1.28. The molecular weight excluding hydrogens is 228 g/mol. The summed E-state index contributed by atoms with van der Waals surface area (Å²) in [5, 5.41) is 3.29. The highest BCUT2D eigenvalue weighted by atomic mass is 16.5. The quantitative estimate of drug-likeness (QED) is 0.736. The van der Waals surface area contributed by atoms with Gasteiger partial charge in [0.2, 0.25) is 11.8 Å². The van der Waals surface area contributed by atoms with E-state index in [-0.39, 0.29) is 0 Å². The van der Waals surface area contributed by atoms with E-state index in [4.69, 9.17) is 10.5 Å². The Hall–Kier alpha value is -1.36. The Labute approximate surface area is 108 Å². The summed E-state index contributed by atoms with van der Waals surface area (Å²) in [4.78, 5) is 8.53. The van der Waals surface area contributed by atoms with Crippen molar-refractivity contribution in [3.8, 4) is 5.88 Å². The molecule has 1 aromatic heterocycles. The zero-order chi connectivity index (χ0) is 12.8. The molecule has 0 aliphatic heterocycles. The summed E-state index contributed by atoms with van der Waals surface area (Å²) in [6.45, 7) is 4.42. The van der Waals surface area contributed by atoms with Crippen molar-refractivity contribution in [2.45, 2.75) is 32.6 Å². The SMILES string of the molecule is CCCOc1ccnc(NCC2(CCN)CC2)n1. The van der Waals surface area contributed by atoms with Crippen LogP contribution in [0.25, 0.3) is 0 Å². The molecule has 2 rings (SSSR count). The lowest BCUT2D eigenvalue weighted by Gasteiger charge is -2.14. The Morgan fingerprint density at radius 2 is 2.33 bits per heavy atom. The van der Waals surface area contributed by atoms with Crippen LogP contribution in [0.2, 0.25) is 0 Å². The fourth-order valence-electron chi connectivity index (χ4n) is 1.98. The predicted molar refractivity (Wildman–Crippen MR) is 71.6 cm³/mol. The molecule has 0 radical (unpaired) electrons. The first-order chi connectivity index (χ1) is 8.78. The average molecular weight is 250 g/mol. The molecule has 0 amide bonds. The number of nitrogens with zero attached hydrogens (tertiary/aromatic N) is 2. The van der Waals surface area contributed by atoms with Gasteiger partial charge in [-0.25, -0.2) is 4.98 Å². The van der Waals surface area contributed by atoms with E-state index < -0.39 is 0 Å². The lowest BCUT2D eigenvalue weighted by Crippen LogP contribution is -2.20. The van der Waals surface area contributed by atoms with E-state index in [1.807, 2.05) is 0 Å². The van der Waals surface area contributed by atoms with Crippen LogP contribution in [0.1, 0.15) is 32.6 Å². The zero-order valence-corrected chi connectivity index (χ0v) is 11.0. The monoisotopic (exact) mass is 250 g/mol. The summed E-state index contributed by atoms with van der Waals surface area (Å²) in [7, 11) is 0. The molecule has 100 valence electrons. The van der Waals surface area contributed by atoms with Crippen LogP contribution >= 0.6 is 0 Å². The van der Waals surface area contributed by atoms with Crippen LogP contribution in [0.4, 0.5) is 5.95 Å². The van der Waals surface area contributed by atoms with Crippen molar-refractivity contribution in [1.82, 2.24) is 9.97 Å². The summed E-state index contributed by atoms with van der Waals surface area (Å²) >= 11 is 0. The second kappa shape index (κ2) is 6.00. The second-order valence-electron chi connectivity index (χ2n) is 4.96. The van der Waals surface area contributed by atoms with Crippen molar-refractivity contribution >= 4 is 5.95 Å². The summed E-state index contributed by atoms with van der Waals surface area (Å²) in [6.07, 6.45) is 6.29. The van der Waals surface area contributed by atoms with Gasteiger partial charge in [-0.2, -0.15) is 4.98 Å². The maximum Gasteiger partial charge on any atom is 0.225 e. The Morgan fingerprint density at radius 1 is 1.50 bits per heavy atom. The smallest absolute Gasteiger partial charge is 0.225 e. The van der Waals surface area contributed by atoms with Crippen LogP contribution < -0.4 is 15.8 Å². The van der Waals surface area contributed by atoms with Gasteiger partial charge in [0.05, 0.1) is 6.61 Å². The fourth-order valence-corrected chi connectivity index (χ4v) is 1.98. The van der Waals surface area contributed by atoms with Gasteiger partial charge in [0.25, 0.3) is 0 Å². The minimum absolute atomic E-state index is 0.387. The molecule has 0 spiro atoms. The molecule has 0 aromatic carbocycles. The molecule has 1 aliphatic rings. The van der Waals surface area contributed by atoms with Gasteiger partial charge in [-0.1, -0.05) is 6.92 Å². The van der Waals surface area contributed by atoms with Crippen molar-refractivity contribution in [1.29, 1.82) is 0 Å². The highest BCUT2D eigenvalue weighted by Gasteiger charge is 2.41. The van der Waals surface area contributed by atoms with E-state index >= 15 is 0 Å². The largest absolute Gasteiger partial charge is 0.478 e. The summed E-state index contributed by atoms with van der Waals surface area (Å²) in [6, 6.07) is 1.79. The molecule has 1 aliphatic carbocycles. The van der Waals surface area contributed by atoms with Gasteiger partial charge in [0.1, 0.15) is 0 Å². The van der Waals surface area contributed by atoms with Crippen molar-refractivity contribution in [2.75, 3.05) is 25.0 Å². The van der Waals surface area contributed by atoms with Gasteiger partial charge in [0.15, 0.2) is 0 Å². The minimum Gasteiger partial charge on any atom is -0.478 e. The molecule has 5 nitrogen and oxygen atoms in total. The molecule has 1 aromatic rings. The molecule has 0 unspecified atom stereocenters. The number of anilines is 1. The Bertz CT molecular complexity index is 379. The van der Waals surface area contributed by atoms with Crippen molar-refractivity contribution in [2.24, 2.45) is 11.1 Å². The number of aromatic nitrogens is 2. The topological polar surface area (TPSA) is 73.1 Å². The summed E-state index contributed by atoms with van der Waals surface area (Å²) in [5.41, 5.74) is 6.01. The highest BCUT2D eigenvalue weighted by Crippen LogP contribution is 2.48. The van der Waals surface area contributed by atoms with Crippen molar-refractivity contribution in [3.63, 3.8) is 0 Å². The predicted octanol–water partition coefficient (Wildman–Crippen LogP) is 1.81. The fraction of sp³-hybridized carbons (Fsp3) is 0.692. The van der Waals surface area contributed by atoms with Crippen LogP contribution in [0, 0.1) is 5.41 Å². The van der Waals surface area contributed by atoms with Crippen molar-refractivity contribution in [3.05, 3.63) is 12.3 Å². The molecule has 3 N–H and O–H groups in total. The van der Waals surface area contributed by atoms with E-state index in [0.29, 0.717) is 23.9 Å². The van der Waals surface area contributed by atoms with Gasteiger partial charge < -0.3 is 15.8 Å². The van der Waals surface area contributed by atoms with Crippen LogP contribution in [0.15, 0.2) is 12.3 Å². The van der Waals surface area contributed by atoms with Gasteiger partial charge in [-0.15, -0.1) is 0 Å². The third-order valence-corrected chi connectivity index (χ3v) is 3.34. The lowest BCUT2D eigenvalue weighted by molar-refractivity contribution is 0.305. The standard InChI is InChI=1S/C13H22N4O/c1-2-9-18-11-3-8-15-12(17-11)16-10-13(4-5-13)6-7-14/h3,8H,2,4-7,9-10,14H2,1H3,(H,15,16,17). The maximum absolute atomic E-state index is 5.62. The third-order valence-electron chi connectivity index (χ3n) is 3.34. The second-order valence-corrected chi connectivity index (χ2v) is 4.96. The van der Waals surface area contributed by atoms with Gasteiger partial charge >= 0.3 is 0 Å². The number of rotatable bonds is 8.